The Labute approximate surface area is 418 Å². The second-order valence-corrected chi connectivity index (χ2v) is 24.6. The lowest BCUT2D eigenvalue weighted by Crippen LogP contribution is -2.34. The smallest absolute Gasteiger partial charge is 0.0540 e. The van der Waals surface area contributed by atoms with Crippen molar-refractivity contribution in [2.75, 3.05) is 10.2 Å². The van der Waals surface area contributed by atoms with Gasteiger partial charge in [0.1, 0.15) is 0 Å². The zero-order valence-corrected chi connectivity index (χ0v) is 43.7. The average Bonchev–Trinajstić information content (AvgIpc) is 3.55. The number of anilines is 5. The maximum atomic E-state index is 4.08. The largest absolute Gasteiger partial charge is 0.355 e. The lowest BCUT2D eigenvalue weighted by molar-refractivity contribution is 0.332. The molecule has 1 heterocycles. The van der Waals surface area contributed by atoms with Crippen molar-refractivity contribution in [2.24, 2.45) is 0 Å². The third-order valence-electron chi connectivity index (χ3n) is 16.5. The lowest BCUT2D eigenvalue weighted by atomic mass is 9.62. The van der Waals surface area contributed by atoms with E-state index in [1.54, 1.807) is 0 Å². The average molecular weight is 915 g/mol. The van der Waals surface area contributed by atoms with E-state index in [0.29, 0.717) is 0 Å². The van der Waals surface area contributed by atoms with Gasteiger partial charge in [0.05, 0.1) is 17.1 Å². The number of nitrogens with zero attached hydrogens (tertiary/aromatic N) is 1. The fraction of sp³-hybridized carbons (Fsp3) is 0.294. The predicted octanol–water partition coefficient (Wildman–Crippen LogP) is 19.1. The molecule has 2 aliphatic carbocycles. The van der Waals surface area contributed by atoms with Crippen LogP contribution in [0.5, 0.6) is 0 Å². The van der Waals surface area contributed by atoms with Crippen LogP contribution in [-0.4, -0.2) is 0 Å². The van der Waals surface area contributed by atoms with Crippen LogP contribution in [0.1, 0.15) is 140 Å². The molecule has 0 saturated carbocycles. The molecule has 8 aromatic carbocycles. The molecule has 0 aromatic heterocycles. The van der Waals surface area contributed by atoms with Gasteiger partial charge in [-0.2, -0.15) is 0 Å². The maximum Gasteiger partial charge on any atom is 0.0540 e. The minimum absolute atomic E-state index is 0.0162. The molecule has 2 heteroatoms. The summed E-state index contributed by atoms with van der Waals surface area (Å²) >= 11 is 0. The van der Waals surface area contributed by atoms with Gasteiger partial charge in [-0.05, 0) is 173 Å². The molecule has 0 radical (unpaired) electrons. The molecule has 352 valence electrons. The first-order chi connectivity index (χ1) is 33.2. The molecule has 0 saturated heterocycles. The first-order valence-electron chi connectivity index (χ1n) is 25.8. The molecule has 11 rings (SSSR count). The fourth-order valence-electron chi connectivity index (χ4n) is 12.0. The second-order valence-electron chi connectivity index (χ2n) is 24.6. The SMILES string of the molecule is CC(C)(C)c1ccc(Nc2cc3c(cc2-c2cc(-c4ccccc4)cc4c2Cc2cc5c(cc2N4c2ccc(C(C)(C)C)cc2-c2ccccc2)C(C)(C)c2ccccc2-5)C(C)(C)CCC3(C)C)cc1. The van der Waals surface area contributed by atoms with Crippen LogP contribution in [0.25, 0.3) is 44.5 Å². The number of hydrogen-bond donors (Lipinski definition) is 1. The highest BCUT2D eigenvalue weighted by molar-refractivity contribution is 5.99. The number of rotatable bonds is 6. The van der Waals surface area contributed by atoms with Gasteiger partial charge in [-0.25, -0.2) is 0 Å². The van der Waals surface area contributed by atoms with E-state index in [9.17, 15) is 0 Å². The van der Waals surface area contributed by atoms with Crippen LogP contribution in [0.3, 0.4) is 0 Å². The molecule has 1 N–H and O–H groups in total. The van der Waals surface area contributed by atoms with Crippen molar-refractivity contribution in [1.29, 1.82) is 0 Å². The van der Waals surface area contributed by atoms with Gasteiger partial charge in [0.2, 0.25) is 0 Å². The van der Waals surface area contributed by atoms with E-state index in [2.05, 4.69) is 257 Å². The highest BCUT2D eigenvalue weighted by atomic mass is 15.2. The Morgan fingerprint density at radius 3 is 1.67 bits per heavy atom. The summed E-state index contributed by atoms with van der Waals surface area (Å²) in [5.74, 6) is 0. The Hall–Kier alpha value is -6.64. The standard InChI is InChI=1S/C68H70N2/c1-64(2,3)47-27-30-49(31-28-47)69-60-41-59-58(66(7,8)33-34-67(59,9)10)40-54(60)52-35-45(43-21-15-13-16-22-43)38-63-55(52)37-46-36-53-50-25-19-20-26-56(50)68(11,12)57(53)42-62(46)70(63)61-32-29-48(65(4,5)6)39-51(61)44-23-17-14-18-24-44/h13-32,35-36,38-42,69H,33-34,37H2,1-12H3. The first kappa shape index (κ1) is 45.8. The molecule has 0 unspecified atom stereocenters. The molecule has 0 fully saturated rings. The summed E-state index contributed by atoms with van der Waals surface area (Å²) < 4.78 is 0. The van der Waals surface area contributed by atoms with Crippen molar-refractivity contribution >= 4 is 28.4 Å². The van der Waals surface area contributed by atoms with Crippen LogP contribution < -0.4 is 10.2 Å². The van der Waals surface area contributed by atoms with Crippen LogP contribution in [0.4, 0.5) is 28.4 Å². The maximum absolute atomic E-state index is 4.08. The zero-order chi connectivity index (χ0) is 49.1. The summed E-state index contributed by atoms with van der Waals surface area (Å²) in [6.45, 7) is 28.5. The summed E-state index contributed by atoms with van der Waals surface area (Å²) in [6, 6.07) is 62.9. The van der Waals surface area contributed by atoms with E-state index in [0.717, 1.165) is 30.6 Å². The topological polar surface area (TPSA) is 15.3 Å². The lowest BCUT2D eigenvalue weighted by Gasteiger charge is -2.43. The van der Waals surface area contributed by atoms with E-state index in [1.165, 1.54) is 106 Å². The van der Waals surface area contributed by atoms with E-state index in [4.69, 9.17) is 0 Å². The Kier molecular flexibility index (Phi) is 10.6. The van der Waals surface area contributed by atoms with Crippen LogP contribution in [0.2, 0.25) is 0 Å². The molecule has 0 atom stereocenters. The summed E-state index contributed by atoms with van der Waals surface area (Å²) in [5, 5.41) is 4.08. The fourth-order valence-corrected chi connectivity index (χ4v) is 12.0. The van der Waals surface area contributed by atoms with Crippen molar-refractivity contribution in [2.45, 2.75) is 129 Å². The van der Waals surface area contributed by atoms with Gasteiger partial charge in [-0.15, -0.1) is 0 Å². The summed E-state index contributed by atoms with van der Waals surface area (Å²) in [5.41, 5.74) is 27.0. The third-order valence-corrected chi connectivity index (χ3v) is 16.5. The second kappa shape index (κ2) is 16.2. The van der Waals surface area contributed by atoms with Crippen molar-refractivity contribution in [1.82, 2.24) is 0 Å². The van der Waals surface area contributed by atoms with Crippen LogP contribution in [-0.2, 0) is 33.5 Å². The molecule has 0 amide bonds. The molecule has 2 nitrogen and oxygen atoms in total. The van der Waals surface area contributed by atoms with Gasteiger partial charge in [-0.1, -0.05) is 186 Å². The Morgan fingerprint density at radius 1 is 0.414 bits per heavy atom. The minimum atomic E-state index is -0.155. The Balaban J connectivity index is 1.24. The van der Waals surface area contributed by atoms with Crippen LogP contribution in [0.15, 0.2) is 164 Å². The monoisotopic (exact) mass is 915 g/mol. The minimum Gasteiger partial charge on any atom is -0.355 e. The van der Waals surface area contributed by atoms with Crippen molar-refractivity contribution < 1.29 is 0 Å². The predicted molar refractivity (Wildman–Crippen MR) is 300 cm³/mol. The Bertz CT molecular complexity index is 3330. The van der Waals surface area contributed by atoms with Crippen molar-refractivity contribution in [3.05, 3.63) is 208 Å². The molecule has 3 aliphatic rings. The van der Waals surface area contributed by atoms with E-state index in [-0.39, 0.29) is 27.1 Å². The zero-order valence-electron chi connectivity index (χ0n) is 43.7. The molecule has 1 aliphatic heterocycles. The first-order valence-corrected chi connectivity index (χ1v) is 25.8. The van der Waals surface area contributed by atoms with Gasteiger partial charge < -0.3 is 10.2 Å². The highest BCUT2D eigenvalue weighted by Gasteiger charge is 2.41. The van der Waals surface area contributed by atoms with Gasteiger partial charge in [0.25, 0.3) is 0 Å². The van der Waals surface area contributed by atoms with Crippen molar-refractivity contribution in [3.63, 3.8) is 0 Å². The summed E-state index contributed by atoms with van der Waals surface area (Å²) in [4.78, 5) is 2.65. The van der Waals surface area contributed by atoms with E-state index in [1.807, 2.05) is 0 Å². The number of fused-ring (bicyclic) bond motifs is 6. The number of benzene rings is 8. The quantitative estimate of drug-likeness (QED) is 0.179. The number of hydrogen-bond acceptors (Lipinski definition) is 2. The van der Waals surface area contributed by atoms with E-state index < -0.39 is 0 Å². The molecule has 0 bridgehead atoms. The van der Waals surface area contributed by atoms with Crippen molar-refractivity contribution in [3.8, 4) is 44.5 Å². The molecular formula is C68H70N2. The van der Waals surface area contributed by atoms with Crippen LogP contribution >= 0.6 is 0 Å². The summed E-state index contributed by atoms with van der Waals surface area (Å²) in [6.07, 6.45) is 3.10. The van der Waals surface area contributed by atoms with Gasteiger partial charge in [0, 0.05) is 34.3 Å². The highest BCUT2D eigenvalue weighted by Crippen LogP contribution is 2.58. The third kappa shape index (κ3) is 7.70. The van der Waals surface area contributed by atoms with E-state index >= 15 is 0 Å². The van der Waals surface area contributed by atoms with Gasteiger partial charge >= 0.3 is 0 Å². The molecule has 70 heavy (non-hydrogen) atoms. The Morgan fingerprint density at radius 2 is 1.01 bits per heavy atom. The normalized spacial score (nSPS) is 16.1. The molecule has 8 aromatic rings. The number of nitrogens with one attached hydrogen (secondary N) is 1. The summed E-state index contributed by atoms with van der Waals surface area (Å²) in [7, 11) is 0. The van der Waals surface area contributed by atoms with Crippen LogP contribution in [0, 0.1) is 0 Å². The van der Waals surface area contributed by atoms with Gasteiger partial charge in [0.15, 0.2) is 0 Å². The molecule has 0 spiro atoms. The van der Waals surface area contributed by atoms with Gasteiger partial charge in [-0.3, -0.25) is 0 Å². The molecular weight excluding hydrogens is 845 g/mol.